The summed E-state index contributed by atoms with van der Waals surface area (Å²) in [6, 6.07) is 0. The van der Waals surface area contributed by atoms with Gasteiger partial charge in [0, 0.05) is 13.1 Å². The Hall–Kier alpha value is -0.120. The van der Waals surface area contributed by atoms with Crippen molar-refractivity contribution in [3.63, 3.8) is 0 Å². The summed E-state index contributed by atoms with van der Waals surface area (Å²) in [6.45, 7) is 11.6. The minimum atomic E-state index is 1.19. The van der Waals surface area contributed by atoms with E-state index in [1.54, 1.807) is 0 Å². The summed E-state index contributed by atoms with van der Waals surface area (Å²) >= 11 is 0. The van der Waals surface area contributed by atoms with Gasteiger partial charge in [-0.2, -0.15) is 0 Å². The second-order valence-electron chi connectivity index (χ2n) is 3.98. The Morgan fingerprint density at radius 3 is 1.67 bits per heavy atom. The molecule has 0 aromatic heterocycles. The number of piperidine rings is 1. The number of quaternary nitrogens is 1. The summed E-state index contributed by atoms with van der Waals surface area (Å²) in [7, 11) is 2.19. The molecule has 0 unspecified atom stereocenters. The minimum absolute atomic E-state index is 1.19. The molecule has 0 aliphatic carbocycles. The number of likely N-dealkylation sites (tertiary alicyclic amines) is 1. The van der Waals surface area contributed by atoms with Gasteiger partial charge in [0.1, 0.15) is 0 Å². The second kappa shape index (κ2) is 12.0. The number of rotatable bonds is 0. The summed E-state index contributed by atoms with van der Waals surface area (Å²) in [4.78, 5) is 2.39. The Kier molecular flexibility index (Phi) is 11.9. The first-order chi connectivity index (χ1) is 7.39. The van der Waals surface area contributed by atoms with E-state index in [0.717, 1.165) is 0 Å². The molecule has 0 aromatic rings. The highest BCUT2D eigenvalue weighted by molar-refractivity contribution is 4.58. The molecule has 0 amide bonds. The van der Waals surface area contributed by atoms with Crippen LogP contribution in [0.4, 0.5) is 0 Å². The highest BCUT2D eigenvalue weighted by Gasteiger charge is 2.02. The largest absolute Gasteiger partial charge is 0.344 e. The lowest BCUT2D eigenvalue weighted by Gasteiger charge is -2.20. The van der Waals surface area contributed by atoms with Gasteiger partial charge in [-0.05, 0) is 33.0 Å². The molecule has 2 fully saturated rings. The fourth-order valence-electron chi connectivity index (χ4n) is 1.73. The minimum Gasteiger partial charge on any atom is -0.344 e. The van der Waals surface area contributed by atoms with E-state index in [9.17, 15) is 0 Å². The Labute approximate surface area is 95.6 Å². The number of nitrogens with two attached hydrogens (primary N) is 1. The Bertz CT molecular complexity index is 95.9. The van der Waals surface area contributed by atoms with E-state index in [1.807, 2.05) is 13.8 Å². The van der Waals surface area contributed by atoms with E-state index in [2.05, 4.69) is 22.6 Å². The third-order valence-electron chi connectivity index (χ3n) is 2.63. The lowest BCUT2D eigenvalue weighted by molar-refractivity contribution is -0.657. The lowest BCUT2D eigenvalue weighted by Crippen LogP contribution is -2.89. The normalized spacial score (nSPS) is 21.8. The molecule has 2 saturated heterocycles. The van der Waals surface area contributed by atoms with Crippen LogP contribution in [0.3, 0.4) is 0 Å². The average Bonchev–Trinajstić information content (AvgIpc) is 2.36. The molecule has 2 rings (SSSR count). The summed E-state index contributed by atoms with van der Waals surface area (Å²) < 4.78 is 0. The van der Waals surface area contributed by atoms with E-state index < -0.39 is 0 Å². The van der Waals surface area contributed by atoms with Crippen LogP contribution in [0.5, 0.6) is 0 Å². The summed E-state index contributed by atoms with van der Waals surface area (Å²) in [5, 5.41) is 5.58. The molecule has 3 N–H and O–H groups in total. The first kappa shape index (κ1) is 14.9. The second-order valence-corrected chi connectivity index (χ2v) is 3.98. The van der Waals surface area contributed by atoms with Gasteiger partial charge in [0.05, 0.1) is 13.1 Å². The monoisotopic (exact) mass is 216 g/mol. The quantitative estimate of drug-likeness (QED) is 0.610. The fourth-order valence-corrected chi connectivity index (χ4v) is 1.73. The smallest absolute Gasteiger partial charge is 0.0882 e. The zero-order valence-electron chi connectivity index (χ0n) is 10.9. The molecule has 0 saturated carbocycles. The van der Waals surface area contributed by atoms with Crippen LogP contribution in [0, 0.1) is 0 Å². The molecule has 0 spiro atoms. The molecule has 2 aliphatic rings. The Balaban J connectivity index is 0.000000227. The van der Waals surface area contributed by atoms with Crippen LogP contribution in [-0.4, -0.2) is 51.2 Å². The maximum Gasteiger partial charge on any atom is 0.0882 e. The SMILES string of the molecule is C1C[NH2+]CCN1.CC.CN1CCCCC1. The number of piperazine rings is 1. The highest BCUT2D eigenvalue weighted by atomic mass is 15.1. The van der Waals surface area contributed by atoms with Crippen molar-refractivity contribution in [1.82, 2.24) is 10.2 Å². The number of nitrogens with one attached hydrogen (secondary N) is 1. The maximum atomic E-state index is 3.25. The average molecular weight is 216 g/mol. The van der Waals surface area contributed by atoms with Crippen LogP contribution >= 0.6 is 0 Å². The maximum absolute atomic E-state index is 3.25. The standard InChI is InChI=1S/C6H13N.C4H10N2.C2H6/c1-7-5-3-2-4-6-7;1-2-6-4-3-5-1;1-2/h2-6H2,1H3;5-6H,1-4H2;1-2H3/p+1. The Morgan fingerprint density at radius 2 is 1.47 bits per heavy atom. The van der Waals surface area contributed by atoms with Gasteiger partial charge in [0.15, 0.2) is 0 Å². The molecule has 15 heavy (non-hydrogen) atoms. The Morgan fingerprint density at radius 1 is 0.933 bits per heavy atom. The zero-order chi connectivity index (χ0) is 11.4. The van der Waals surface area contributed by atoms with E-state index in [1.165, 1.54) is 58.5 Å². The molecular weight excluding hydrogens is 186 g/mol. The van der Waals surface area contributed by atoms with Gasteiger partial charge in [-0.25, -0.2) is 0 Å². The van der Waals surface area contributed by atoms with E-state index in [-0.39, 0.29) is 0 Å². The topological polar surface area (TPSA) is 31.9 Å². The van der Waals surface area contributed by atoms with E-state index in [0.29, 0.717) is 0 Å². The van der Waals surface area contributed by atoms with Crippen molar-refractivity contribution in [3.8, 4) is 0 Å². The molecule has 3 nitrogen and oxygen atoms in total. The molecule has 2 heterocycles. The molecule has 0 atom stereocenters. The summed E-state index contributed by atoms with van der Waals surface area (Å²) in [5.41, 5.74) is 0. The van der Waals surface area contributed by atoms with Crippen molar-refractivity contribution in [2.45, 2.75) is 33.1 Å². The number of hydrogen-bond acceptors (Lipinski definition) is 2. The number of hydrogen-bond donors (Lipinski definition) is 2. The van der Waals surface area contributed by atoms with Gasteiger partial charge in [0.25, 0.3) is 0 Å². The summed E-state index contributed by atoms with van der Waals surface area (Å²) in [6.07, 6.45) is 4.28. The molecular formula is C12H30N3+. The van der Waals surface area contributed by atoms with Crippen molar-refractivity contribution < 1.29 is 5.32 Å². The lowest BCUT2D eigenvalue weighted by atomic mass is 10.1. The molecule has 0 aromatic carbocycles. The number of nitrogens with zero attached hydrogens (tertiary/aromatic N) is 1. The van der Waals surface area contributed by atoms with E-state index >= 15 is 0 Å². The van der Waals surface area contributed by atoms with Crippen LogP contribution in [0.15, 0.2) is 0 Å². The van der Waals surface area contributed by atoms with Crippen molar-refractivity contribution in [3.05, 3.63) is 0 Å². The van der Waals surface area contributed by atoms with Crippen molar-refractivity contribution in [1.29, 1.82) is 0 Å². The predicted molar refractivity (Wildman–Crippen MR) is 67.2 cm³/mol. The van der Waals surface area contributed by atoms with Crippen LogP contribution in [0.2, 0.25) is 0 Å². The third kappa shape index (κ3) is 10.2. The van der Waals surface area contributed by atoms with Gasteiger partial charge >= 0.3 is 0 Å². The molecule has 3 heteroatoms. The van der Waals surface area contributed by atoms with Crippen LogP contribution < -0.4 is 10.6 Å². The van der Waals surface area contributed by atoms with Crippen molar-refractivity contribution in [2.24, 2.45) is 0 Å². The first-order valence-electron chi connectivity index (χ1n) is 6.60. The molecule has 92 valence electrons. The molecule has 0 radical (unpaired) electrons. The summed E-state index contributed by atoms with van der Waals surface area (Å²) in [5.74, 6) is 0. The zero-order valence-corrected chi connectivity index (χ0v) is 10.9. The van der Waals surface area contributed by atoms with Gasteiger partial charge in [-0.1, -0.05) is 20.3 Å². The predicted octanol–water partition coefficient (Wildman–Crippen LogP) is 0.281. The molecule has 0 bridgehead atoms. The van der Waals surface area contributed by atoms with Gasteiger partial charge in [-0.15, -0.1) is 0 Å². The fraction of sp³-hybridized carbons (Fsp3) is 1.00. The van der Waals surface area contributed by atoms with E-state index in [4.69, 9.17) is 0 Å². The van der Waals surface area contributed by atoms with Gasteiger partial charge in [-0.3, -0.25) is 0 Å². The highest BCUT2D eigenvalue weighted by Crippen LogP contribution is 2.04. The third-order valence-corrected chi connectivity index (χ3v) is 2.63. The van der Waals surface area contributed by atoms with Gasteiger partial charge < -0.3 is 15.5 Å². The van der Waals surface area contributed by atoms with Crippen LogP contribution in [0.1, 0.15) is 33.1 Å². The van der Waals surface area contributed by atoms with Crippen LogP contribution in [-0.2, 0) is 0 Å². The van der Waals surface area contributed by atoms with Crippen molar-refractivity contribution in [2.75, 3.05) is 46.3 Å². The van der Waals surface area contributed by atoms with Gasteiger partial charge in [0.2, 0.25) is 0 Å². The van der Waals surface area contributed by atoms with Crippen molar-refractivity contribution >= 4 is 0 Å². The first-order valence-corrected chi connectivity index (χ1v) is 6.60. The van der Waals surface area contributed by atoms with Crippen LogP contribution in [0.25, 0.3) is 0 Å². The molecule has 2 aliphatic heterocycles.